The highest BCUT2D eigenvalue weighted by atomic mass is 35.5. The molecule has 2 aromatic rings. The summed E-state index contributed by atoms with van der Waals surface area (Å²) < 4.78 is 1.55. The van der Waals surface area contributed by atoms with Crippen LogP contribution in [0.25, 0.3) is 5.95 Å². The molecule has 0 saturated heterocycles. The van der Waals surface area contributed by atoms with Crippen LogP contribution in [0.2, 0.25) is 5.28 Å². The predicted molar refractivity (Wildman–Crippen MR) is 56.2 cm³/mol. The maximum atomic E-state index is 5.74. The third kappa shape index (κ3) is 2.04. The van der Waals surface area contributed by atoms with Gasteiger partial charge in [-0.1, -0.05) is 0 Å². The van der Waals surface area contributed by atoms with Crippen LogP contribution in [0.4, 0.5) is 5.95 Å². The van der Waals surface area contributed by atoms with Crippen molar-refractivity contribution in [3.8, 4) is 5.95 Å². The zero-order valence-electron chi connectivity index (χ0n) is 8.27. The van der Waals surface area contributed by atoms with Crippen LogP contribution >= 0.6 is 11.6 Å². The lowest BCUT2D eigenvalue weighted by molar-refractivity contribution is 0.787. The molecule has 0 aromatic carbocycles. The largest absolute Gasteiger partial charge is 0.357 e. The summed E-state index contributed by atoms with van der Waals surface area (Å²) in [6, 6.07) is 1.86. The highest BCUT2D eigenvalue weighted by molar-refractivity contribution is 6.28. The van der Waals surface area contributed by atoms with E-state index in [1.807, 2.05) is 13.0 Å². The molecule has 0 atom stereocenters. The van der Waals surface area contributed by atoms with E-state index in [0.717, 1.165) is 5.69 Å². The fraction of sp³-hybridized carbons (Fsp3) is 0.250. The quantitative estimate of drug-likeness (QED) is 0.826. The number of nitrogens with zero attached hydrogens (tertiary/aromatic N) is 5. The molecule has 0 saturated carbocycles. The summed E-state index contributed by atoms with van der Waals surface area (Å²) in [5, 5.41) is 7.11. The first-order chi connectivity index (χ1) is 7.19. The molecule has 0 spiro atoms. The Labute approximate surface area is 91.3 Å². The van der Waals surface area contributed by atoms with Crippen molar-refractivity contribution < 1.29 is 0 Å². The number of nitrogens with one attached hydrogen (secondary N) is 1. The van der Waals surface area contributed by atoms with Crippen molar-refractivity contribution >= 4 is 17.5 Å². The van der Waals surface area contributed by atoms with Gasteiger partial charge in [0.2, 0.25) is 11.2 Å². The molecule has 0 bridgehead atoms. The van der Waals surface area contributed by atoms with Gasteiger partial charge in [-0.15, -0.1) is 0 Å². The lowest BCUT2D eigenvalue weighted by atomic mass is 10.5. The van der Waals surface area contributed by atoms with Crippen LogP contribution < -0.4 is 5.32 Å². The molecule has 2 rings (SSSR count). The zero-order chi connectivity index (χ0) is 10.8. The standard InChI is InChI=1S/C8H9ClN6/c1-5-3-4-15(14-5)8-12-6(9)11-7(10-2)13-8/h3-4H,1-2H3,(H,10,11,12,13). The summed E-state index contributed by atoms with van der Waals surface area (Å²) in [6.07, 6.45) is 1.76. The van der Waals surface area contributed by atoms with Gasteiger partial charge < -0.3 is 5.32 Å². The number of halogens is 1. The van der Waals surface area contributed by atoms with E-state index in [1.54, 1.807) is 17.9 Å². The molecule has 0 amide bonds. The maximum Gasteiger partial charge on any atom is 0.256 e. The average molecular weight is 225 g/mol. The Hall–Kier alpha value is -1.69. The minimum absolute atomic E-state index is 0.137. The van der Waals surface area contributed by atoms with E-state index in [4.69, 9.17) is 11.6 Å². The van der Waals surface area contributed by atoms with Crippen LogP contribution in [0, 0.1) is 6.92 Å². The third-order valence-electron chi connectivity index (χ3n) is 1.75. The van der Waals surface area contributed by atoms with Crippen molar-refractivity contribution in [2.24, 2.45) is 0 Å². The van der Waals surface area contributed by atoms with Gasteiger partial charge in [0, 0.05) is 13.2 Å². The van der Waals surface area contributed by atoms with Crippen LogP contribution in [0.15, 0.2) is 12.3 Å². The van der Waals surface area contributed by atoms with E-state index in [2.05, 4.69) is 25.4 Å². The number of hydrogen-bond acceptors (Lipinski definition) is 5. The van der Waals surface area contributed by atoms with Crippen molar-refractivity contribution in [2.45, 2.75) is 6.92 Å². The van der Waals surface area contributed by atoms with Gasteiger partial charge in [0.1, 0.15) is 0 Å². The van der Waals surface area contributed by atoms with Crippen molar-refractivity contribution in [1.82, 2.24) is 24.7 Å². The molecule has 78 valence electrons. The van der Waals surface area contributed by atoms with Gasteiger partial charge in [0.05, 0.1) is 5.69 Å². The molecular weight excluding hydrogens is 216 g/mol. The number of hydrogen-bond donors (Lipinski definition) is 1. The molecule has 6 nitrogen and oxygen atoms in total. The molecule has 0 aliphatic rings. The summed E-state index contributed by atoms with van der Waals surface area (Å²) in [6.45, 7) is 1.89. The molecule has 1 N–H and O–H groups in total. The summed E-state index contributed by atoms with van der Waals surface area (Å²) in [7, 11) is 1.71. The molecule has 0 aliphatic heterocycles. The highest BCUT2D eigenvalue weighted by Gasteiger charge is 2.06. The lowest BCUT2D eigenvalue weighted by Crippen LogP contribution is -2.06. The van der Waals surface area contributed by atoms with E-state index in [1.165, 1.54) is 0 Å². The van der Waals surface area contributed by atoms with E-state index < -0.39 is 0 Å². The Morgan fingerprint density at radius 3 is 2.73 bits per heavy atom. The molecule has 15 heavy (non-hydrogen) atoms. The Kier molecular flexibility index (Phi) is 2.51. The maximum absolute atomic E-state index is 5.74. The summed E-state index contributed by atoms with van der Waals surface area (Å²) in [5.41, 5.74) is 0.887. The fourth-order valence-electron chi connectivity index (χ4n) is 1.08. The van der Waals surface area contributed by atoms with Crippen LogP contribution in [0.3, 0.4) is 0 Å². The van der Waals surface area contributed by atoms with E-state index in [-0.39, 0.29) is 5.28 Å². The molecule has 0 radical (unpaired) electrons. The Bertz CT molecular complexity index is 480. The van der Waals surface area contributed by atoms with E-state index in [9.17, 15) is 0 Å². The van der Waals surface area contributed by atoms with Crippen LogP contribution in [0.1, 0.15) is 5.69 Å². The summed E-state index contributed by atoms with van der Waals surface area (Å²) in [5.74, 6) is 0.811. The van der Waals surface area contributed by atoms with Gasteiger partial charge in [-0.05, 0) is 24.6 Å². The molecule has 0 aliphatic carbocycles. The minimum Gasteiger partial charge on any atom is -0.357 e. The topological polar surface area (TPSA) is 68.5 Å². The second-order valence-corrected chi connectivity index (χ2v) is 3.22. The van der Waals surface area contributed by atoms with Crippen molar-refractivity contribution in [2.75, 3.05) is 12.4 Å². The second kappa shape index (κ2) is 3.82. The summed E-state index contributed by atoms with van der Waals surface area (Å²) in [4.78, 5) is 12.0. The monoisotopic (exact) mass is 224 g/mol. The number of aryl methyl sites for hydroxylation is 1. The molecule has 0 unspecified atom stereocenters. The highest BCUT2D eigenvalue weighted by Crippen LogP contribution is 2.08. The first-order valence-electron chi connectivity index (χ1n) is 4.31. The van der Waals surface area contributed by atoms with Crippen LogP contribution in [0.5, 0.6) is 0 Å². The lowest BCUT2D eigenvalue weighted by Gasteiger charge is -2.02. The van der Waals surface area contributed by atoms with Crippen molar-refractivity contribution in [1.29, 1.82) is 0 Å². The van der Waals surface area contributed by atoms with E-state index in [0.29, 0.717) is 11.9 Å². The second-order valence-electron chi connectivity index (χ2n) is 2.88. The Morgan fingerprint density at radius 2 is 2.13 bits per heavy atom. The van der Waals surface area contributed by atoms with Gasteiger partial charge in [-0.2, -0.15) is 20.1 Å². The van der Waals surface area contributed by atoms with Gasteiger partial charge >= 0.3 is 0 Å². The Morgan fingerprint density at radius 1 is 1.33 bits per heavy atom. The normalized spacial score (nSPS) is 10.3. The number of anilines is 1. The predicted octanol–water partition coefficient (Wildman–Crippen LogP) is 1.06. The van der Waals surface area contributed by atoms with Crippen LogP contribution in [-0.4, -0.2) is 31.8 Å². The zero-order valence-corrected chi connectivity index (χ0v) is 9.02. The van der Waals surface area contributed by atoms with Gasteiger partial charge in [-0.3, -0.25) is 0 Å². The smallest absolute Gasteiger partial charge is 0.256 e. The Balaban J connectivity index is 2.48. The van der Waals surface area contributed by atoms with Gasteiger partial charge in [0.25, 0.3) is 5.95 Å². The molecule has 2 aromatic heterocycles. The first kappa shape index (κ1) is 9.85. The number of rotatable bonds is 2. The van der Waals surface area contributed by atoms with Gasteiger partial charge in [0.15, 0.2) is 0 Å². The fourth-order valence-corrected chi connectivity index (χ4v) is 1.24. The average Bonchev–Trinajstić information content (AvgIpc) is 2.64. The minimum atomic E-state index is 0.137. The molecule has 2 heterocycles. The SMILES string of the molecule is CNc1nc(Cl)nc(-n2ccc(C)n2)n1. The first-order valence-corrected chi connectivity index (χ1v) is 4.69. The van der Waals surface area contributed by atoms with Gasteiger partial charge in [-0.25, -0.2) is 4.68 Å². The van der Waals surface area contributed by atoms with E-state index >= 15 is 0 Å². The molecule has 7 heteroatoms. The van der Waals surface area contributed by atoms with Crippen molar-refractivity contribution in [3.63, 3.8) is 0 Å². The number of aromatic nitrogens is 5. The molecular formula is C8H9ClN6. The summed E-state index contributed by atoms with van der Waals surface area (Å²) >= 11 is 5.74. The van der Waals surface area contributed by atoms with Crippen molar-refractivity contribution in [3.05, 3.63) is 23.2 Å². The molecule has 0 fully saturated rings. The third-order valence-corrected chi connectivity index (χ3v) is 1.92. The van der Waals surface area contributed by atoms with Crippen LogP contribution in [-0.2, 0) is 0 Å².